The summed E-state index contributed by atoms with van der Waals surface area (Å²) in [5.74, 6) is 1.36. The standard InChI is InChI=1S/C19H27IO3/c1-15(5-4-6-16(2)19(20)11-12-21)13-23-14-17-7-9-18(22-3)10-8-17/h5,7-11,16,21H,4,6,12-14H2,1-3H3/b15-5+,19-11-/t16-/m0/s1. The number of allylic oxidation sites excluding steroid dienone is 2. The molecule has 0 saturated heterocycles. The highest BCUT2D eigenvalue weighted by atomic mass is 127. The molecule has 0 heterocycles. The van der Waals surface area contributed by atoms with Gasteiger partial charge in [0.05, 0.1) is 26.9 Å². The molecule has 1 N–H and O–H groups in total. The molecule has 1 aromatic carbocycles. The Hall–Kier alpha value is -0.850. The van der Waals surface area contributed by atoms with Gasteiger partial charge in [-0.15, -0.1) is 0 Å². The van der Waals surface area contributed by atoms with Crippen molar-refractivity contribution >= 4 is 22.6 Å². The van der Waals surface area contributed by atoms with E-state index in [9.17, 15) is 0 Å². The second-order valence-corrected chi connectivity index (χ2v) is 6.89. The first-order chi connectivity index (χ1) is 11.1. The van der Waals surface area contributed by atoms with Gasteiger partial charge in [0.2, 0.25) is 0 Å². The van der Waals surface area contributed by atoms with Gasteiger partial charge < -0.3 is 14.6 Å². The van der Waals surface area contributed by atoms with Crippen molar-refractivity contribution in [2.24, 2.45) is 5.92 Å². The Morgan fingerprint density at radius 1 is 1.26 bits per heavy atom. The average Bonchev–Trinajstić information content (AvgIpc) is 2.55. The number of methoxy groups -OCH3 is 1. The highest BCUT2D eigenvalue weighted by molar-refractivity contribution is 14.1. The van der Waals surface area contributed by atoms with Crippen LogP contribution in [0.25, 0.3) is 0 Å². The number of aliphatic hydroxyl groups excluding tert-OH is 1. The second-order valence-electron chi connectivity index (χ2n) is 5.64. The Morgan fingerprint density at radius 2 is 1.96 bits per heavy atom. The third-order valence-electron chi connectivity index (χ3n) is 3.61. The minimum Gasteiger partial charge on any atom is -0.497 e. The van der Waals surface area contributed by atoms with E-state index in [1.807, 2.05) is 30.3 Å². The van der Waals surface area contributed by atoms with Gasteiger partial charge in [0, 0.05) is 0 Å². The molecule has 0 aliphatic rings. The molecule has 0 aromatic heterocycles. The van der Waals surface area contributed by atoms with Crippen LogP contribution < -0.4 is 4.74 Å². The normalized spacial score (nSPS) is 14.0. The number of benzene rings is 1. The minimum absolute atomic E-state index is 0.122. The summed E-state index contributed by atoms with van der Waals surface area (Å²) in [5.41, 5.74) is 2.41. The van der Waals surface area contributed by atoms with E-state index in [1.54, 1.807) is 7.11 Å². The molecule has 0 aliphatic heterocycles. The average molecular weight is 430 g/mol. The summed E-state index contributed by atoms with van der Waals surface area (Å²) in [4.78, 5) is 0. The van der Waals surface area contributed by atoms with Gasteiger partial charge in [0.25, 0.3) is 0 Å². The van der Waals surface area contributed by atoms with Crippen molar-refractivity contribution < 1.29 is 14.6 Å². The smallest absolute Gasteiger partial charge is 0.118 e. The molecule has 1 rings (SSSR count). The molecule has 0 fully saturated rings. The van der Waals surface area contributed by atoms with E-state index in [0.717, 1.165) is 24.2 Å². The van der Waals surface area contributed by atoms with Crippen LogP contribution in [0.4, 0.5) is 0 Å². The van der Waals surface area contributed by atoms with Crippen LogP contribution in [0.1, 0.15) is 32.3 Å². The molecule has 3 nitrogen and oxygen atoms in total. The maximum atomic E-state index is 8.90. The first-order valence-corrected chi connectivity index (χ1v) is 8.97. The van der Waals surface area contributed by atoms with Crippen molar-refractivity contribution in [3.63, 3.8) is 0 Å². The van der Waals surface area contributed by atoms with E-state index < -0.39 is 0 Å². The van der Waals surface area contributed by atoms with Crippen molar-refractivity contribution in [1.82, 2.24) is 0 Å². The van der Waals surface area contributed by atoms with Crippen LogP contribution in [-0.2, 0) is 11.3 Å². The van der Waals surface area contributed by atoms with Crippen molar-refractivity contribution in [2.45, 2.75) is 33.3 Å². The summed E-state index contributed by atoms with van der Waals surface area (Å²) in [6, 6.07) is 7.94. The fourth-order valence-electron chi connectivity index (χ4n) is 2.12. The lowest BCUT2D eigenvalue weighted by Gasteiger charge is -2.10. The number of ether oxygens (including phenoxy) is 2. The summed E-state index contributed by atoms with van der Waals surface area (Å²) in [5, 5.41) is 8.90. The van der Waals surface area contributed by atoms with Gasteiger partial charge in [-0.3, -0.25) is 0 Å². The van der Waals surface area contributed by atoms with E-state index >= 15 is 0 Å². The van der Waals surface area contributed by atoms with Crippen LogP contribution in [0.15, 0.2) is 45.6 Å². The third-order valence-corrected chi connectivity index (χ3v) is 5.11. The molecule has 23 heavy (non-hydrogen) atoms. The monoisotopic (exact) mass is 430 g/mol. The molecule has 4 heteroatoms. The summed E-state index contributed by atoms with van der Waals surface area (Å²) in [7, 11) is 1.67. The topological polar surface area (TPSA) is 38.7 Å². The molecule has 0 bridgehead atoms. The summed E-state index contributed by atoms with van der Waals surface area (Å²) in [6.45, 7) is 5.69. The lowest BCUT2D eigenvalue weighted by molar-refractivity contribution is 0.142. The van der Waals surface area contributed by atoms with E-state index in [1.165, 1.54) is 9.15 Å². The maximum absolute atomic E-state index is 8.90. The summed E-state index contributed by atoms with van der Waals surface area (Å²) < 4.78 is 12.1. The van der Waals surface area contributed by atoms with Crippen LogP contribution in [-0.4, -0.2) is 25.4 Å². The Balaban J connectivity index is 2.27. The molecule has 128 valence electrons. The number of hydrogen-bond acceptors (Lipinski definition) is 3. The fraction of sp³-hybridized carbons (Fsp3) is 0.474. The SMILES string of the molecule is COc1ccc(COC/C(C)=C/CC[C@H](C)/C(I)=C/CO)cc1. The molecule has 0 radical (unpaired) electrons. The zero-order valence-corrected chi connectivity index (χ0v) is 16.4. The molecule has 1 aromatic rings. The highest BCUT2D eigenvalue weighted by Crippen LogP contribution is 2.22. The Kier molecular flexibility index (Phi) is 10.2. The van der Waals surface area contributed by atoms with Crippen molar-refractivity contribution in [2.75, 3.05) is 20.3 Å². The predicted octanol–water partition coefficient (Wildman–Crippen LogP) is 4.89. The zero-order valence-electron chi connectivity index (χ0n) is 14.2. The quantitative estimate of drug-likeness (QED) is 0.425. The molecule has 0 unspecified atom stereocenters. The van der Waals surface area contributed by atoms with E-state index in [0.29, 0.717) is 19.1 Å². The van der Waals surface area contributed by atoms with Gasteiger partial charge in [0.1, 0.15) is 5.75 Å². The van der Waals surface area contributed by atoms with Gasteiger partial charge in [-0.1, -0.05) is 30.7 Å². The lowest BCUT2D eigenvalue weighted by Crippen LogP contribution is -1.98. The molecule has 0 amide bonds. The van der Waals surface area contributed by atoms with Gasteiger partial charge >= 0.3 is 0 Å². The van der Waals surface area contributed by atoms with Crippen LogP contribution in [0.2, 0.25) is 0 Å². The number of aliphatic hydroxyl groups is 1. The van der Waals surface area contributed by atoms with Crippen LogP contribution in [0, 0.1) is 5.92 Å². The summed E-state index contributed by atoms with van der Waals surface area (Å²) in [6.07, 6.45) is 6.24. The molecular formula is C19H27IO3. The molecule has 0 aliphatic carbocycles. The van der Waals surface area contributed by atoms with E-state index in [-0.39, 0.29) is 6.61 Å². The van der Waals surface area contributed by atoms with Gasteiger partial charge in [-0.05, 0) is 75.6 Å². The summed E-state index contributed by atoms with van der Waals surface area (Å²) >= 11 is 2.31. The molecular weight excluding hydrogens is 403 g/mol. The Labute approximate surface area is 153 Å². The van der Waals surface area contributed by atoms with Crippen LogP contribution >= 0.6 is 22.6 Å². The van der Waals surface area contributed by atoms with Crippen molar-refractivity contribution in [3.8, 4) is 5.75 Å². The van der Waals surface area contributed by atoms with Gasteiger partial charge in [0.15, 0.2) is 0 Å². The zero-order chi connectivity index (χ0) is 17.1. The lowest BCUT2D eigenvalue weighted by atomic mass is 10.0. The first-order valence-electron chi connectivity index (χ1n) is 7.89. The molecule has 1 atom stereocenters. The molecule has 0 spiro atoms. The fourth-order valence-corrected chi connectivity index (χ4v) is 2.62. The van der Waals surface area contributed by atoms with Gasteiger partial charge in [-0.25, -0.2) is 0 Å². The second kappa shape index (κ2) is 11.6. The largest absolute Gasteiger partial charge is 0.497 e. The van der Waals surface area contributed by atoms with E-state index in [4.69, 9.17) is 14.6 Å². The number of halogens is 1. The van der Waals surface area contributed by atoms with Crippen molar-refractivity contribution in [3.05, 3.63) is 51.1 Å². The van der Waals surface area contributed by atoms with Crippen LogP contribution in [0.3, 0.4) is 0 Å². The Morgan fingerprint density at radius 3 is 2.57 bits per heavy atom. The Bertz CT molecular complexity index is 506. The number of rotatable bonds is 10. The predicted molar refractivity (Wildman–Crippen MR) is 104 cm³/mol. The third kappa shape index (κ3) is 8.53. The first kappa shape index (κ1) is 20.2. The van der Waals surface area contributed by atoms with E-state index in [2.05, 4.69) is 42.5 Å². The molecule has 0 saturated carbocycles. The maximum Gasteiger partial charge on any atom is 0.118 e. The van der Waals surface area contributed by atoms with Gasteiger partial charge in [-0.2, -0.15) is 0 Å². The minimum atomic E-state index is 0.122. The highest BCUT2D eigenvalue weighted by Gasteiger charge is 2.04. The number of hydrogen-bond donors (Lipinski definition) is 1. The van der Waals surface area contributed by atoms with Crippen LogP contribution in [0.5, 0.6) is 5.75 Å². The van der Waals surface area contributed by atoms with Crippen molar-refractivity contribution in [1.29, 1.82) is 0 Å².